The Morgan fingerprint density at radius 3 is 1.83 bits per heavy atom. The van der Waals surface area contributed by atoms with E-state index >= 15 is 0 Å². The van der Waals surface area contributed by atoms with Gasteiger partial charge in [0.15, 0.2) is 0 Å². The quantitative estimate of drug-likeness (QED) is 0.325. The molecule has 0 atom stereocenters. The predicted octanol–water partition coefficient (Wildman–Crippen LogP) is 6.17. The van der Waals surface area contributed by atoms with Gasteiger partial charge in [-0.25, -0.2) is 0 Å². The third kappa shape index (κ3) is 2.65. The van der Waals surface area contributed by atoms with Crippen molar-refractivity contribution in [2.45, 2.75) is 0 Å². The fourth-order valence-corrected chi connectivity index (χ4v) is 3.12. The highest BCUT2D eigenvalue weighted by Gasteiger charge is 2.04. The zero-order valence-electron chi connectivity index (χ0n) is 13.6. The molecule has 24 heavy (non-hydrogen) atoms. The van der Waals surface area contributed by atoms with E-state index in [1.54, 1.807) is 7.11 Å². The molecule has 116 valence electrons. The van der Waals surface area contributed by atoms with Crippen LogP contribution in [0.15, 0.2) is 78.9 Å². The SMILES string of the molecule is COc1ccc(/C=C/c2c3ccccc3cc3ccccc23)cc1. The minimum atomic E-state index is 0.878. The predicted molar refractivity (Wildman–Crippen MR) is 103 cm³/mol. The van der Waals surface area contributed by atoms with Crippen LogP contribution in [-0.2, 0) is 0 Å². The van der Waals surface area contributed by atoms with E-state index in [9.17, 15) is 0 Å². The van der Waals surface area contributed by atoms with E-state index in [-0.39, 0.29) is 0 Å². The molecule has 0 aliphatic carbocycles. The monoisotopic (exact) mass is 310 g/mol. The third-order valence-electron chi connectivity index (χ3n) is 4.37. The van der Waals surface area contributed by atoms with Crippen molar-refractivity contribution in [3.8, 4) is 5.75 Å². The van der Waals surface area contributed by atoms with Crippen LogP contribution < -0.4 is 4.74 Å². The first-order valence-electron chi connectivity index (χ1n) is 8.08. The Hall–Kier alpha value is -3.06. The average molecular weight is 310 g/mol. The molecular weight excluding hydrogens is 292 g/mol. The van der Waals surface area contributed by atoms with Gasteiger partial charge in [0.25, 0.3) is 0 Å². The van der Waals surface area contributed by atoms with Crippen LogP contribution in [-0.4, -0.2) is 7.11 Å². The van der Waals surface area contributed by atoms with E-state index in [2.05, 4.69) is 78.9 Å². The summed E-state index contributed by atoms with van der Waals surface area (Å²) in [5, 5.41) is 5.10. The lowest BCUT2D eigenvalue weighted by molar-refractivity contribution is 0.415. The molecule has 4 rings (SSSR count). The van der Waals surface area contributed by atoms with E-state index in [1.165, 1.54) is 27.1 Å². The molecule has 4 aromatic carbocycles. The molecule has 0 radical (unpaired) electrons. The summed E-state index contributed by atoms with van der Waals surface area (Å²) < 4.78 is 5.22. The number of methoxy groups -OCH3 is 1. The summed E-state index contributed by atoms with van der Waals surface area (Å²) in [4.78, 5) is 0. The van der Waals surface area contributed by atoms with Crippen LogP contribution in [0.25, 0.3) is 33.7 Å². The van der Waals surface area contributed by atoms with Gasteiger partial charge in [0, 0.05) is 0 Å². The molecular formula is C23H18O. The molecule has 0 aliphatic heterocycles. The van der Waals surface area contributed by atoms with Crippen molar-refractivity contribution in [3.05, 3.63) is 90.0 Å². The number of ether oxygens (including phenoxy) is 1. The highest BCUT2D eigenvalue weighted by Crippen LogP contribution is 2.30. The molecule has 0 heterocycles. The number of rotatable bonds is 3. The molecule has 1 heteroatoms. The van der Waals surface area contributed by atoms with Crippen LogP contribution in [0.4, 0.5) is 0 Å². The van der Waals surface area contributed by atoms with Gasteiger partial charge < -0.3 is 4.74 Å². The summed E-state index contributed by atoms with van der Waals surface area (Å²) in [5.74, 6) is 0.878. The van der Waals surface area contributed by atoms with E-state index in [4.69, 9.17) is 4.74 Å². The summed E-state index contributed by atoms with van der Waals surface area (Å²) in [6, 6.07) is 27.5. The largest absolute Gasteiger partial charge is 0.497 e. The van der Waals surface area contributed by atoms with Crippen molar-refractivity contribution in [2.75, 3.05) is 7.11 Å². The van der Waals surface area contributed by atoms with Crippen molar-refractivity contribution in [3.63, 3.8) is 0 Å². The number of fused-ring (bicyclic) bond motifs is 2. The van der Waals surface area contributed by atoms with Crippen molar-refractivity contribution < 1.29 is 4.74 Å². The highest BCUT2D eigenvalue weighted by molar-refractivity contribution is 6.07. The summed E-state index contributed by atoms with van der Waals surface area (Å²) >= 11 is 0. The zero-order chi connectivity index (χ0) is 16.4. The van der Waals surface area contributed by atoms with Gasteiger partial charge in [-0.1, -0.05) is 72.8 Å². The fourth-order valence-electron chi connectivity index (χ4n) is 3.12. The highest BCUT2D eigenvalue weighted by atomic mass is 16.5. The first-order valence-corrected chi connectivity index (χ1v) is 8.08. The van der Waals surface area contributed by atoms with E-state index in [0.29, 0.717) is 0 Å². The maximum Gasteiger partial charge on any atom is 0.118 e. The van der Waals surface area contributed by atoms with Gasteiger partial charge in [0.2, 0.25) is 0 Å². The molecule has 0 unspecified atom stereocenters. The molecule has 0 bridgehead atoms. The molecule has 4 aromatic rings. The molecule has 0 aliphatic rings. The van der Waals surface area contributed by atoms with Gasteiger partial charge in [-0.2, -0.15) is 0 Å². The van der Waals surface area contributed by atoms with E-state index in [1.807, 2.05) is 12.1 Å². The van der Waals surface area contributed by atoms with Crippen molar-refractivity contribution in [1.29, 1.82) is 0 Å². The number of benzene rings is 4. The first kappa shape index (κ1) is 14.5. The Morgan fingerprint density at radius 2 is 1.25 bits per heavy atom. The Balaban J connectivity index is 1.87. The molecule has 0 spiro atoms. The van der Waals surface area contributed by atoms with Crippen molar-refractivity contribution in [1.82, 2.24) is 0 Å². The molecule has 0 saturated carbocycles. The van der Waals surface area contributed by atoms with Crippen LogP contribution in [0.2, 0.25) is 0 Å². The van der Waals surface area contributed by atoms with E-state index < -0.39 is 0 Å². The molecule has 0 aromatic heterocycles. The van der Waals surface area contributed by atoms with Crippen LogP contribution in [0.3, 0.4) is 0 Å². The standard InChI is InChI=1S/C23H18O/c1-24-20-13-10-17(11-14-20)12-15-23-21-8-4-2-6-18(21)16-19-7-3-5-9-22(19)23/h2-16H,1H3/b15-12+. The minimum absolute atomic E-state index is 0.878. The Labute approximate surface area is 141 Å². The number of hydrogen-bond acceptors (Lipinski definition) is 1. The van der Waals surface area contributed by atoms with Crippen LogP contribution in [0.5, 0.6) is 5.75 Å². The lowest BCUT2D eigenvalue weighted by Crippen LogP contribution is -1.84. The van der Waals surface area contributed by atoms with Gasteiger partial charge in [-0.15, -0.1) is 0 Å². The normalized spacial score (nSPS) is 11.4. The molecule has 1 nitrogen and oxygen atoms in total. The summed E-state index contributed by atoms with van der Waals surface area (Å²) in [6.07, 6.45) is 4.38. The lowest BCUT2D eigenvalue weighted by Gasteiger charge is -2.08. The second kappa shape index (κ2) is 6.21. The summed E-state index contributed by atoms with van der Waals surface area (Å²) in [7, 11) is 1.69. The van der Waals surface area contributed by atoms with Crippen LogP contribution in [0, 0.1) is 0 Å². The molecule has 0 amide bonds. The summed E-state index contributed by atoms with van der Waals surface area (Å²) in [6.45, 7) is 0. The summed E-state index contributed by atoms with van der Waals surface area (Å²) in [5.41, 5.74) is 2.42. The van der Waals surface area contributed by atoms with Gasteiger partial charge >= 0.3 is 0 Å². The van der Waals surface area contributed by atoms with Crippen molar-refractivity contribution in [2.24, 2.45) is 0 Å². The topological polar surface area (TPSA) is 9.23 Å². The van der Waals surface area contributed by atoms with Gasteiger partial charge in [-0.05, 0) is 50.9 Å². The Morgan fingerprint density at radius 1 is 0.667 bits per heavy atom. The lowest BCUT2D eigenvalue weighted by atomic mass is 9.96. The van der Waals surface area contributed by atoms with Gasteiger partial charge in [0.05, 0.1) is 7.11 Å². The van der Waals surface area contributed by atoms with Gasteiger partial charge in [-0.3, -0.25) is 0 Å². The minimum Gasteiger partial charge on any atom is -0.497 e. The maximum atomic E-state index is 5.22. The zero-order valence-corrected chi connectivity index (χ0v) is 13.6. The Kier molecular flexibility index (Phi) is 3.76. The molecule has 0 saturated heterocycles. The second-order valence-electron chi connectivity index (χ2n) is 5.84. The molecule has 0 fully saturated rings. The maximum absolute atomic E-state index is 5.22. The van der Waals surface area contributed by atoms with Gasteiger partial charge in [0.1, 0.15) is 5.75 Å². The third-order valence-corrected chi connectivity index (χ3v) is 4.37. The van der Waals surface area contributed by atoms with Crippen LogP contribution in [0.1, 0.15) is 11.1 Å². The van der Waals surface area contributed by atoms with Crippen LogP contribution >= 0.6 is 0 Å². The fraction of sp³-hybridized carbons (Fsp3) is 0.0435. The Bertz CT molecular complexity index is 973. The molecule has 0 N–H and O–H groups in total. The average Bonchev–Trinajstić information content (AvgIpc) is 2.65. The second-order valence-corrected chi connectivity index (χ2v) is 5.84. The van der Waals surface area contributed by atoms with E-state index in [0.717, 1.165) is 11.3 Å². The van der Waals surface area contributed by atoms with Crippen molar-refractivity contribution >= 4 is 33.7 Å². The number of hydrogen-bond donors (Lipinski definition) is 0. The smallest absolute Gasteiger partial charge is 0.118 e. The first-order chi connectivity index (χ1) is 11.8.